The van der Waals surface area contributed by atoms with Crippen LogP contribution in [0.5, 0.6) is 0 Å². The van der Waals surface area contributed by atoms with E-state index < -0.39 is 0 Å². The Morgan fingerprint density at radius 1 is 1.17 bits per heavy atom. The predicted octanol–water partition coefficient (Wildman–Crippen LogP) is 4.31. The van der Waals surface area contributed by atoms with Crippen LogP contribution >= 0.6 is 15.9 Å². The summed E-state index contributed by atoms with van der Waals surface area (Å²) in [6, 6.07) is 2.17. The van der Waals surface area contributed by atoms with Gasteiger partial charge in [-0.1, -0.05) is 25.7 Å². The molecule has 0 atom stereocenters. The fourth-order valence-electron chi connectivity index (χ4n) is 3.57. The normalized spacial score (nSPS) is 22.7. The van der Waals surface area contributed by atoms with Gasteiger partial charge in [-0.2, -0.15) is 0 Å². The zero-order valence-electron chi connectivity index (χ0n) is 11.1. The number of anilines is 1. The number of aryl methyl sites for hydroxylation is 1. The molecule has 0 N–H and O–H groups in total. The smallest absolute Gasteiger partial charge is 0.131 e. The van der Waals surface area contributed by atoms with Gasteiger partial charge < -0.3 is 4.90 Å². The molecule has 2 fully saturated rings. The number of aromatic nitrogens is 1. The van der Waals surface area contributed by atoms with Gasteiger partial charge in [0.25, 0.3) is 0 Å². The summed E-state index contributed by atoms with van der Waals surface area (Å²) < 4.78 is 1.08. The van der Waals surface area contributed by atoms with Crippen molar-refractivity contribution in [2.24, 2.45) is 5.41 Å². The Bertz CT molecular complexity index is 428. The molecule has 1 aromatic heterocycles. The van der Waals surface area contributed by atoms with E-state index in [1.165, 1.54) is 63.0 Å². The van der Waals surface area contributed by atoms with Crippen molar-refractivity contribution in [3.63, 3.8) is 0 Å². The molecule has 0 radical (unpaired) electrons. The number of nitrogens with zero attached hydrogens (tertiary/aromatic N) is 2. The number of halogens is 1. The monoisotopic (exact) mass is 308 g/mol. The molecule has 18 heavy (non-hydrogen) atoms. The van der Waals surface area contributed by atoms with Crippen molar-refractivity contribution in [1.29, 1.82) is 0 Å². The molecule has 1 aliphatic carbocycles. The van der Waals surface area contributed by atoms with E-state index in [2.05, 4.69) is 38.8 Å². The summed E-state index contributed by atoms with van der Waals surface area (Å²) in [4.78, 5) is 7.05. The van der Waals surface area contributed by atoms with E-state index in [0.717, 1.165) is 4.47 Å². The standard InChI is InChI=1S/C15H21BrN2/c1-12-8-13(16)9-17-14(12)18-10-15(11-18)6-4-2-3-5-7-15/h8-9H,2-7,10-11H2,1H3. The Morgan fingerprint density at radius 2 is 1.83 bits per heavy atom. The van der Waals surface area contributed by atoms with E-state index in [-0.39, 0.29) is 0 Å². The van der Waals surface area contributed by atoms with Gasteiger partial charge in [-0.05, 0) is 47.3 Å². The molecule has 3 rings (SSSR count). The zero-order valence-corrected chi connectivity index (χ0v) is 12.7. The van der Waals surface area contributed by atoms with Crippen molar-refractivity contribution in [3.8, 4) is 0 Å². The van der Waals surface area contributed by atoms with Gasteiger partial charge in [0.05, 0.1) is 0 Å². The maximum absolute atomic E-state index is 4.58. The van der Waals surface area contributed by atoms with Gasteiger partial charge in [0, 0.05) is 29.2 Å². The van der Waals surface area contributed by atoms with E-state index in [4.69, 9.17) is 0 Å². The number of hydrogen-bond donors (Lipinski definition) is 0. The van der Waals surface area contributed by atoms with Gasteiger partial charge in [-0.15, -0.1) is 0 Å². The van der Waals surface area contributed by atoms with E-state index >= 15 is 0 Å². The van der Waals surface area contributed by atoms with Crippen LogP contribution in [-0.4, -0.2) is 18.1 Å². The summed E-state index contributed by atoms with van der Waals surface area (Å²) in [5, 5.41) is 0. The third-order valence-electron chi connectivity index (χ3n) is 4.53. The molecule has 2 heterocycles. The third kappa shape index (κ3) is 2.29. The molecule has 1 aromatic rings. The number of pyridine rings is 1. The first-order valence-electron chi connectivity index (χ1n) is 7.06. The molecule has 98 valence electrons. The lowest BCUT2D eigenvalue weighted by Crippen LogP contribution is -2.56. The molecule has 0 unspecified atom stereocenters. The SMILES string of the molecule is Cc1cc(Br)cnc1N1CC2(CCCCCC2)C1. The maximum atomic E-state index is 4.58. The molecule has 1 aliphatic heterocycles. The van der Waals surface area contributed by atoms with Crippen LogP contribution in [0, 0.1) is 12.3 Å². The molecule has 1 saturated heterocycles. The first-order chi connectivity index (χ1) is 8.69. The molecule has 0 bridgehead atoms. The van der Waals surface area contributed by atoms with Gasteiger partial charge in [0.1, 0.15) is 5.82 Å². The molecular formula is C15H21BrN2. The Hall–Kier alpha value is -0.570. The van der Waals surface area contributed by atoms with Crippen molar-refractivity contribution in [1.82, 2.24) is 4.98 Å². The first-order valence-corrected chi connectivity index (χ1v) is 7.85. The van der Waals surface area contributed by atoms with Crippen LogP contribution in [0.25, 0.3) is 0 Å². The van der Waals surface area contributed by atoms with Crippen LogP contribution in [-0.2, 0) is 0 Å². The molecule has 0 amide bonds. The lowest BCUT2D eigenvalue weighted by atomic mass is 9.73. The van der Waals surface area contributed by atoms with Crippen LogP contribution in [0.4, 0.5) is 5.82 Å². The van der Waals surface area contributed by atoms with Crippen LogP contribution in [0.3, 0.4) is 0 Å². The van der Waals surface area contributed by atoms with Crippen molar-refractivity contribution < 1.29 is 0 Å². The zero-order chi connectivity index (χ0) is 12.6. The Labute approximate surface area is 118 Å². The molecule has 3 heteroatoms. The molecule has 1 saturated carbocycles. The lowest BCUT2D eigenvalue weighted by Gasteiger charge is -2.51. The van der Waals surface area contributed by atoms with Gasteiger partial charge in [-0.25, -0.2) is 4.98 Å². The van der Waals surface area contributed by atoms with Crippen molar-refractivity contribution in [2.75, 3.05) is 18.0 Å². The fraction of sp³-hybridized carbons (Fsp3) is 0.667. The summed E-state index contributed by atoms with van der Waals surface area (Å²) in [7, 11) is 0. The van der Waals surface area contributed by atoms with E-state index in [0.29, 0.717) is 5.41 Å². The average molecular weight is 309 g/mol. The third-order valence-corrected chi connectivity index (χ3v) is 4.97. The number of hydrogen-bond acceptors (Lipinski definition) is 2. The molecular weight excluding hydrogens is 288 g/mol. The highest BCUT2D eigenvalue weighted by Crippen LogP contribution is 2.44. The van der Waals surface area contributed by atoms with Gasteiger partial charge in [0.2, 0.25) is 0 Å². The Balaban J connectivity index is 1.70. The minimum Gasteiger partial charge on any atom is -0.355 e. The highest BCUT2D eigenvalue weighted by Gasteiger charge is 2.43. The topological polar surface area (TPSA) is 16.1 Å². The molecule has 2 nitrogen and oxygen atoms in total. The summed E-state index contributed by atoms with van der Waals surface area (Å²) in [6.45, 7) is 4.61. The van der Waals surface area contributed by atoms with E-state index in [1.807, 2.05) is 6.20 Å². The van der Waals surface area contributed by atoms with Gasteiger partial charge in [0.15, 0.2) is 0 Å². The summed E-state index contributed by atoms with van der Waals surface area (Å²) in [5.74, 6) is 1.19. The predicted molar refractivity (Wildman–Crippen MR) is 79.0 cm³/mol. The van der Waals surface area contributed by atoms with Crippen LogP contribution < -0.4 is 4.90 Å². The van der Waals surface area contributed by atoms with Crippen LogP contribution in [0.1, 0.15) is 44.1 Å². The van der Waals surface area contributed by atoms with Gasteiger partial charge >= 0.3 is 0 Å². The van der Waals surface area contributed by atoms with Crippen molar-refractivity contribution in [3.05, 3.63) is 22.3 Å². The van der Waals surface area contributed by atoms with Crippen LogP contribution in [0.2, 0.25) is 0 Å². The highest BCUT2D eigenvalue weighted by molar-refractivity contribution is 9.10. The van der Waals surface area contributed by atoms with E-state index in [9.17, 15) is 0 Å². The van der Waals surface area contributed by atoms with Gasteiger partial charge in [-0.3, -0.25) is 0 Å². The molecule has 2 aliphatic rings. The van der Waals surface area contributed by atoms with E-state index in [1.54, 1.807) is 0 Å². The second kappa shape index (κ2) is 4.84. The first kappa shape index (κ1) is 12.5. The van der Waals surface area contributed by atoms with Crippen molar-refractivity contribution in [2.45, 2.75) is 45.4 Å². The quantitative estimate of drug-likeness (QED) is 0.768. The second-order valence-electron chi connectivity index (χ2n) is 6.06. The average Bonchev–Trinajstić information content (AvgIpc) is 2.53. The second-order valence-corrected chi connectivity index (χ2v) is 6.98. The summed E-state index contributed by atoms with van der Waals surface area (Å²) >= 11 is 3.48. The number of rotatable bonds is 1. The maximum Gasteiger partial charge on any atom is 0.131 e. The Kier molecular flexibility index (Phi) is 3.35. The summed E-state index contributed by atoms with van der Waals surface area (Å²) in [5.41, 5.74) is 1.91. The fourth-order valence-corrected chi connectivity index (χ4v) is 4.02. The molecule has 0 aromatic carbocycles. The largest absolute Gasteiger partial charge is 0.355 e. The molecule has 1 spiro atoms. The highest BCUT2D eigenvalue weighted by atomic mass is 79.9. The summed E-state index contributed by atoms with van der Waals surface area (Å²) in [6.07, 6.45) is 10.5. The van der Waals surface area contributed by atoms with Crippen molar-refractivity contribution >= 4 is 21.7 Å². The minimum atomic E-state index is 0.623. The Morgan fingerprint density at radius 3 is 2.44 bits per heavy atom. The van der Waals surface area contributed by atoms with Crippen LogP contribution in [0.15, 0.2) is 16.7 Å². The minimum absolute atomic E-state index is 0.623. The lowest BCUT2D eigenvalue weighted by molar-refractivity contribution is 0.179.